The van der Waals surface area contributed by atoms with E-state index in [0.29, 0.717) is 11.6 Å². The highest BCUT2D eigenvalue weighted by Gasteiger charge is 2.42. The van der Waals surface area contributed by atoms with Crippen molar-refractivity contribution in [2.75, 3.05) is 11.9 Å². The molecule has 0 aromatic heterocycles. The maximum atomic E-state index is 13.2. The molecule has 1 aliphatic rings. The predicted octanol–water partition coefficient (Wildman–Crippen LogP) is 5.50. The molecule has 0 atom stereocenters. The number of amides is 1. The fraction of sp³-hybridized carbons (Fsp3) is 0.381. The Balaban J connectivity index is 1.84. The second-order valence-corrected chi connectivity index (χ2v) is 7.10. The van der Waals surface area contributed by atoms with Crippen LogP contribution in [0.1, 0.15) is 43.7 Å². The molecule has 0 bridgehead atoms. The summed E-state index contributed by atoms with van der Waals surface area (Å²) in [5, 5.41) is 3.81. The number of nitrogens with one attached hydrogen (secondary N) is 1. The molecule has 3 rings (SSSR count). The lowest BCUT2D eigenvalue weighted by atomic mass is 9.78. The molecule has 1 aliphatic carbocycles. The number of carbonyl (C=O) groups excluding carboxylic acids is 1. The van der Waals surface area contributed by atoms with Gasteiger partial charge in [-0.1, -0.05) is 36.6 Å². The first kappa shape index (κ1) is 17.8. The summed E-state index contributed by atoms with van der Waals surface area (Å²) in [4.78, 5) is 13.2. The number of hydrogen-bond acceptors (Lipinski definition) is 2. The Hall–Kier alpha value is -2.00. The molecule has 1 amide bonds. The zero-order valence-electron chi connectivity index (χ0n) is 14.8. The van der Waals surface area contributed by atoms with Gasteiger partial charge in [-0.2, -0.15) is 0 Å². The second kappa shape index (κ2) is 7.49. The number of halogens is 1. The molecule has 4 heteroatoms. The molecule has 1 N–H and O–H groups in total. The molecule has 0 radical (unpaired) electrons. The highest BCUT2D eigenvalue weighted by molar-refractivity contribution is 6.30. The van der Waals surface area contributed by atoms with Crippen molar-refractivity contribution in [1.29, 1.82) is 0 Å². The van der Waals surface area contributed by atoms with Gasteiger partial charge in [0, 0.05) is 10.7 Å². The Morgan fingerprint density at radius 2 is 1.84 bits per heavy atom. The minimum absolute atomic E-state index is 0.0656. The molecule has 2 aromatic carbocycles. The smallest absolute Gasteiger partial charge is 0.235 e. The van der Waals surface area contributed by atoms with E-state index in [0.717, 1.165) is 48.2 Å². The lowest BCUT2D eigenvalue weighted by molar-refractivity contribution is -0.121. The number of ether oxygens (including phenoxy) is 1. The van der Waals surface area contributed by atoms with Crippen molar-refractivity contribution in [3.8, 4) is 5.75 Å². The Labute approximate surface area is 154 Å². The Kier molecular flexibility index (Phi) is 5.33. The Bertz CT molecular complexity index is 749. The van der Waals surface area contributed by atoms with Crippen LogP contribution >= 0.6 is 11.6 Å². The molecule has 2 aromatic rings. The minimum Gasteiger partial charge on any atom is -0.494 e. The summed E-state index contributed by atoms with van der Waals surface area (Å²) >= 11 is 6.02. The molecule has 0 spiro atoms. The third-order valence-corrected chi connectivity index (χ3v) is 5.27. The van der Waals surface area contributed by atoms with Gasteiger partial charge >= 0.3 is 0 Å². The number of anilines is 1. The minimum atomic E-state index is -0.461. The van der Waals surface area contributed by atoms with E-state index in [4.69, 9.17) is 16.3 Å². The molecule has 0 unspecified atom stereocenters. The predicted molar refractivity (Wildman–Crippen MR) is 103 cm³/mol. The van der Waals surface area contributed by atoms with Gasteiger partial charge in [0.2, 0.25) is 5.91 Å². The standard InChI is InChI=1S/C21H24ClNO2/c1-3-25-19-11-10-18(14-15(19)2)23-20(24)21(12-4-5-13-21)16-6-8-17(22)9-7-16/h6-11,14H,3-5,12-13H2,1-2H3,(H,23,24). The van der Waals surface area contributed by atoms with E-state index in [1.807, 2.05) is 56.3 Å². The first-order valence-electron chi connectivity index (χ1n) is 8.86. The van der Waals surface area contributed by atoms with Crippen LogP contribution in [0.3, 0.4) is 0 Å². The van der Waals surface area contributed by atoms with E-state index in [1.165, 1.54) is 0 Å². The number of hydrogen-bond donors (Lipinski definition) is 1. The van der Waals surface area contributed by atoms with Crippen molar-refractivity contribution >= 4 is 23.2 Å². The van der Waals surface area contributed by atoms with Crippen LogP contribution in [0.4, 0.5) is 5.69 Å². The van der Waals surface area contributed by atoms with E-state index < -0.39 is 5.41 Å². The van der Waals surface area contributed by atoms with Crippen molar-refractivity contribution in [2.24, 2.45) is 0 Å². The van der Waals surface area contributed by atoms with Gasteiger partial charge in [0.1, 0.15) is 5.75 Å². The molecule has 25 heavy (non-hydrogen) atoms. The van der Waals surface area contributed by atoms with E-state index in [9.17, 15) is 4.79 Å². The average Bonchev–Trinajstić information content (AvgIpc) is 3.09. The lowest BCUT2D eigenvalue weighted by Gasteiger charge is -2.28. The highest BCUT2D eigenvalue weighted by atomic mass is 35.5. The molecular formula is C21H24ClNO2. The third-order valence-electron chi connectivity index (χ3n) is 5.02. The molecular weight excluding hydrogens is 334 g/mol. The molecule has 0 aliphatic heterocycles. The summed E-state index contributed by atoms with van der Waals surface area (Å²) in [6.45, 7) is 4.59. The highest BCUT2D eigenvalue weighted by Crippen LogP contribution is 2.42. The first-order valence-corrected chi connectivity index (χ1v) is 9.24. The van der Waals surface area contributed by atoms with Crippen LogP contribution in [0.25, 0.3) is 0 Å². The zero-order chi connectivity index (χ0) is 17.9. The number of benzene rings is 2. The SMILES string of the molecule is CCOc1ccc(NC(=O)C2(c3ccc(Cl)cc3)CCCC2)cc1C. The maximum absolute atomic E-state index is 13.2. The number of rotatable bonds is 5. The monoisotopic (exact) mass is 357 g/mol. The normalized spacial score (nSPS) is 15.8. The van der Waals surface area contributed by atoms with Crippen LogP contribution in [-0.4, -0.2) is 12.5 Å². The fourth-order valence-corrected chi connectivity index (χ4v) is 3.82. The van der Waals surface area contributed by atoms with Crippen LogP contribution in [0.2, 0.25) is 5.02 Å². The van der Waals surface area contributed by atoms with Gasteiger partial charge in [-0.3, -0.25) is 4.79 Å². The Morgan fingerprint density at radius 3 is 2.44 bits per heavy atom. The lowest BCUT2D eigenvalue weighted by Crippen LogP contribution is -2.38. The maximum Gasteiger partial charge on any atom is 0.235 e. The Morgan fingerprint density at radius 1 is 1.16 bits per heavy atom. The molecule has 132 valence electrons. The molecule has 3 nitrogen and oxygen atoms in total. The van der Waals surface area contributed by atoms with Gasteiger partial charge in [-0.25, -0.2) is 0 Å². The average molecular weight is 358 g/mol. The fourth-order valence-electron chi connectivity index (χ4n) is 3.69. The number of aryl methyl sites for hydroxylation is 1. The van der Waals surface area contributed by atoms with E-state index in [2.05, 4.69) is 5.32 Å². The topological polar surface area (TPSA) is 38.3 Å². The third kappa shape index (κ3) is 3.67. The van der Waals surface area contributed by atoms with Crippen LogP contribution in [0.5, 0.6) is 5.75 Å². The van der Waals surface area contributed by atoms with Gasteiger partial charge < -0.3 is 10.1 Å². The van der Waals surface area contributed by atoms with Crippen LogP contribution in [0.15, 0.2) is 42.5 Å². The largest absolute Gasteiger partial charge is 0.494 e. The summed E-state index contributed by atoms with van der Waals surface area (Å²) < 4.78 is 5.57. The van der Waals surface area contributed by atoms with Crippen LogP contribution in [0, 0.1) is 6.92 Å². The summed E-state index contributed by atoms with van der Waals surface area (Å²) in [7, 11) is 0. The van der Waals surface area contributed by atoms with Crippen molar-refractivity contribution in [3.63, 3.8) is 0 Å². The van der Waals surface area contributed by atoms with E-state index >= 15 is 0 Å². The summed E-state index contributed by atoms with van der Waals surface area (Å²) in [6, 6.07) is 13.5. The van der Waals surface area contributed by atoms with Crippen molar-refractivity contribution in [2.45, 2.75) is 44.9 Å². The van der Waals surface area contributed by atoms with Gasteiger partial charge in [0.25, 0.3) is 0 Å². The van der Waals surface area contributed by atoms with Gasteiger partial charge in [-0.15, -0.1) is 0 Å². The number of carbonyl (C=O) groups is 1. The molecule has 0 saturated heterocycles. The van der Waals surface area contributed by atoms with Crippen LogP contribution < -0.4 is 10.1 Å². The van der Waals surface area contributed by atoms with Crippen LogP contribution in [-0.2, 0) is 10.2 Å². The quantitative estimate of drug-likeness (QED) is 0.767. The molecule has 1 fully saturated rings. The summed E-state index contributed by atoms with van der Waals surface area (Å²) in [5.41, 5.74) is 2.42. The van der Waals surface area contributed by atoms with Gasteiger partial charge in [0.05, 0.1) is 12.0 Å². The van der Waals surface area contributed by atoms with Crippen molar-refractivity contribution < 1.29 is 9.53 Å². The zero-order valence-corrected chi connectivity index (χ0v) is 15.5. The van der Waals surface area contributed by atoms with Crippen molar-refractivity contribution in [1.82, 2.24) is 0 Å². The molecule has 0 heterocycles. The van der Waals surface area contributed by atoms with Gasteiger partial charge in [-0.05, 0) is 68.1 Å². The summed E-state index contributed by atoms with van der Waals surface area (Å²) in [6.07, 6.45) is 3.88. The summed E-state index contributed by atoms with van der Waals surface area (Å²) in [5.74, 6) is 0.921. The van der Waals surface area contributed by atoms with E-state index in [1.54, 1.807) is 0 Å². The van der Waals surface area contributed by atoms with Crippen molar-refractivity contribution in [3.05, 3.63) is 58.6 Å². The second-order valence-electron chi connectivity index (χ2n) is 6.66. The first-order chi connectivity index (χ1) is 12.0. The molecule has 1 saturated carbocycles. The van der Waals surface area contributed by atoms with Gasteiger partial charge in [0.15, 0.2) is 0 Å². The van der Waals surface area contributed by atoms with E-state index in [-0.39, 0.29) is 5.91 Å².